The molecule has 7 heteroatoms. The fourth-order valence-electron chi connectivity index (χ4n) is 4.08. The van der Waals surface area contributed by atoms with Crippen LogP contribution in [-0.2, 0) is 0 Å². The number of likely N-dealkylation sites (tertiary alicyclic amines) is 1. The van der Waals surface area contributed by atoms with Crippen molar-refractivity contribution in [2.45, 2.75) is 19.8 Å². The monoisotopic (exact) mass is 378 g/mol. The molecule has 0 radical (unpaired) electrons. The summed E-state index contributed by atoms with van der Waals surface area (Å²) in [4.78, 5) is 14.9. The highest BCUT2D eigenvalue weighted by molar-refractivity contribution is 5.95. The molecule has 140 valence electrons. The van der Waals surface area contributed by atoms with Crippen molar-refractivity contribution in [1.29, 1.82) is 0 Å². The van der Waals surface area contributed by atoms with Crippen molar-refractivity contribution in [3.05, 3.63) is 47.5 Å². The highest BCUT2D eigenvalue weighted by atomic mass is 35.5. The Hall–Kier alpha value is -1.92. The van der Waals surface area contributed by atoms with Gasteiger partial charge in [-0.2, -0.15) is 5.10 Å². The van der Waals surface area contributed by atoms with Crippen molar-refractivity contribution in [2.24, 2.45) is 11.8 Å². The van der Waals surface area contributed by atoms with Crippen LogP contribution in [0.1, 0.15) is 28.9 Å². The number of nitrogens with zero attached hydrogens (tertiary/aromatic N) is 3. The highest BCUT2D eigenvalue weighted by Gasteiger charge is 2.32. The molecule has 0 saturated carbocycles. The molecule has 2 saturated heterocycles. The lowest BCUT2D eigenvalue weighted by Crippen LogP contribution is -2.33. The number of carbonyl (C=O) groups is 1. The molecule has 0 spiro atoms. The van der Waals surface area contributed by atoms with Crippen molar-refractivity contribution in [1.82, 2.24) is 20.0 Å². The largest absolute Gasteiger partial charge is 0.339 e. The summed E-state index contributed by atoms with van der Waals surface area (Å²) in [6.45, 7) is 5.52. The second kappa shape index (κ2) is 7.76. The molecule has 3 heterocycles. The van der Waals surface area contributed by atoms with Crippen molar-refractivity contribution in [2.75, 3.05) is 26.2 Å². The molecule has 1 amide bonds. The first-order valence-corrected chi connectivity index (χ1v) is 8.94. The number of hydrogen-bond acceptors (Lipinski definition) is 3. The third kappa shape index (κ3) is 3.35. The lowest BCUT2D eigenvalue weighted by Gasteiger charge is -2.20. The highest BCUT2D eigenvalue weighted by Crippen LogP contribution is 2.28. The van der Waals surface area contributed by atoms with Gasteiger partial charge in [0.15, 0.2) is 0 Å². The smallest absolute Gasteiger partial charge is 0.257 e. The van der Waals surface area contributed by atoms with Gasteiger partial charge in [0.2, 0.25) is 0 Å². The van der Waals surface area contributed by atoms with E-state index in [1.54, 1.807) is 24.4 Å². The number of rotatable bonds is 2. The summed E-state index contributed by atoms with van der Waals surface area (Å²) < 4.78 is 15.6. The number of carbonyl (C=O) groups excluding carboxylic acids is 1. The van der Waals surface area contributed by atoms with Crippen LogP contribution in [0.15, 0.2) is 30.5 Å². The molecule has 2 aromatic rings. The zero-order chi connectivity index (χ0) is 17.4. The maximum absolute atomic E-state index is 14.0. The van der Waals surface area contributed by atoms with Crippen molar-refractivity contribution < 1.29 is 9.18 Å². The number of amides is 1. The molecular formula is C19H24ClFN4O. The first-order chi connectivity index (χ1) is 12.1. The molecule has 5 nitrogen and oxygen atoms in total. The second-order valence-electron chi connectivity index (χ2n) is 7.05. The zero-order valence-corrected chi connectivity index (χ0v) is 15.6. The third-order valence-electron chi connectivity index (χ3n) is 5.63. The van der Waals surface area contributed by atoms with E-state index in [0.717, 1.165) is 39.0 Å². The molecule has 1 aromatic heterocycles. The van der Waals surface area contributed by atoms with E-state index in [4.69, 9.17) is 0 Å². The average Bonchev–Trinajstić information content (AvgIpc) is 3.16. The van der Waals surface area contributed by atoms with E-state index in [0.29, 0.717) is 28.8 Å². The average molecular weight is 379 g/mol. The third-order valence-corrected chi connectivity index (χ3v) is 5.63. The van der Waals surface area contributed by atoms with E-state index in [9.17, 15) is 9.18 Å². The Morgan fingerprint density at radius 3 is 2.50 bits per heavy atom. The van der Waals surface area contributed by atoms with E-state index < -0.39 is 0 Å². The van der Waals surface area contributed by atoms with Crippen molar-refractivity contribution >= 4 is 18.3 Å². The van der Waals surface area contributed by atoms with Gasteiger partial charge in [-0.3, -0.25) is 4.79 Å². The lowest BCUT2D eigenvalue weighted by molar-refractivity contribution is 0.0757. The maximum atomic E-state index is 14.0. The van der Waals surface area contributed by atoms with Gasteiger partial charge < -0.3 is 10.2 Å². The van der Waals surface area contributed by atoms with Crippen LogP contribution in [0.3, 0.4) is 0 Å². The van der Waals surface area contributed by atoms with Crippen LogP contribution < -0.4 is 5.32 Å². The topological polar surface area (TPSA) is 50.2 Å². The van der Waals surface area contributed by atoms with Crippen LogP contribution in [0.5, 0.6) is 0 Å². The van der Waals surface area contributed by atoms with E-state index in [1.165, 1.54) is 10.7 Å². The predicted octanol–water partition coefficient (Wildman–Crippen LogP) is 2.81. The number of halogens is 2. The van der Waals surface area contributed by atoms with E-state index in [-0.39, 0.29) is 24.1 Å². The van der Waals surface area contributed by atoms with Gasteiger partial charge in [-0.1, -0.05) is 12.1 Å². The molecule has 1 N–H and O–H groups in total. The van der Waals surface area contributed by atoms with Crippen molar-refractivity contribution in [3.63, 3.8) is 0 Å². The quantitative estimate of drug-likeness (QED) is 0.874. The number of fused-ring (bicyclic) bond motifs is 1. The SMILES string of the molecule is Cc1c(C(=O)N2CC[C@@H]3CNC[C@@H]3CC2)cnn1-c1ccccc1F.Cl. The molecule has 2 aliphatic rings. The molecule has 0 bridgehead atoms. The van der Waals surface area contributed by atoms with Crippen LogP contribution in [0.4, 0.5) is 4.39 Å². The Balaban J connectivity index is 0.00000196. The van der Waals surface area contributed by atoms with Crippen LogP contribution in [0.25, 0.3) is 5.69 Å². The second-order valence-corrected chi connectivity index (χ2v) is 7.05. The summed E-state index contributed by atoms with van der Waals surface area (Å²) in [6.07, 6.45) is 3.66. The van der Waals surface area contributed by atoms with Gasteiger partial charge in [0.1, 0.15) is 11.5 Å². The van der Waals surface area contributed by atoms with Gasteiger partial charge >= 0.3 is 0 Å². The Kier molecular flexibility index (Phi) is 5.63. The van der Waals surface area contributed by atoms with Crippen molar-refractivity contribution in [3.8, 4) is 5.69 Å². The minimum atomic E-state index is -0.345. The Labute approximate surface area is 159 Å². The molecule has 2 aliphatic heterocycles. The number of benzene rings is 1. The summed E-state index contributed by atoms with van der Waals surface area (Å²) >= 11 is 0. The van der Waals surface area contributed by atoms with Gasteiger partial charge in [-0.05, 0) is 56.8 Å². The lowest BCUT2D eigenvalue weighted by atomic mass is 9.92. The van der Waals surface area contributed by atoms with E-state index in [1.807, 2.05) is 11.8 Å². The Morgan fingerprint density at radius 2 is 1.85 bits per heavy atom. The fourth-order valence-corrected chi connectivity index (χ4v) is 4.08. The molecule has 2 atom stereocenters. The van der Waals surface area contributed by atoms with Crippen LogP contribution in [0.2, 0.25) is 0 Å². The summed E-state index contributed by atoms with van der Waals surface area (Å²) in [5.74, 6) is 1.02. The normalized spacial score (nSPS) is 22.5. The van der Waals surface area contributed by atoms with Gasteiger partial charge in [0, 0.05) is 13.1 Å². The summed E-state index contributed by atoms with van der Waals surface area (Å²) in [6, 6.07) is 6.48. The Morgan fingerprint density at radius 1 is 1.19 bits per heavy atom. The molecular weight excluding hydrogens is 355 g/mol. The number of hydrogen-bond donors (Lipinski definition) is 1. The molecule has 4 rings (SSSR count). The van der Waals surface area contributed by atoms with E-state index in [2.05, 4.69) is 10.4 Å². The molecule has 0 aliphatic carbocycles. The zero-order valence-electron chi connectivity index (χ0n) is 14.8. The number of para-hydroxylation sites is 1. The van der Waals surface area contributed by atoms with Gasteiger partial charge in [0.05, 0.1) is 17.5 Å². The van der Waals surface area contributed by atoms with Crippen LogP contribution in [0, 0.1) is 24.6 Å². The minimum Gasteiger partial charge on any atom is -0.339 e. The molecule has 2 fully saturated rings. The number of aromatic nitrogens is 2. The first-order valence-electron chi connectivity index (χ1n) is 8.94. The summed E-state index contributed by atoms with van der Waals surface area (Å²) in [7, 11) is 0. The minimum absolute atomic E-state index is 0. The summed E-state index contributed by atoms with van der Waals surface area (Å²) in [5, 5.41) is 7.71. The Bertz CT molecular complexity index is 780. The molecule has 0 unspecified atom stereocenters. The van der Waals surface area contributed by atoms with E-state index >= 15 is 0 Å². The number of nitrogens with one attached hydrogen (secondary N) is 1. The first kappa shape index (κ1) is 18.9. The molecule has 1 aromatic carbocycles. The fraction of sp³-hybridized carbons (Fsp3) is 0.474. The van der Waals surface area contributed by atoms with Crippen LogP contribution in [-0.4, -0.2) is 46.8 Å². The van der Waals surface area contributed by atoms with Gasteiger partial charge in [0.25, 0.3) is 5.91 Å². The van der Waals surface area contributed by atoms with Crippen LogP contribution >= 0.6 is 12.4 Å². The predicted molar refractivity (Wildman–Crippen MR) is 100 cm³/mol. The molecule has 26 heavy (non-hydrogen) atoms. The van der Waals surface area contributed by atoms with Gasteiger partial charge in [-0.25, -0.2) is 9.07 Å². The maximum Gasteiger partial charge on any atom is 0.257 e. The standard InChI is InChI=1S/C19H23FN4O.ClH/c1-13-16(12-22-24(13)18-5-3-2-4-17(18)20)19(25)23-8-6-14-10-21-11-15(14)7-9-23;/h2-5,12,14-15,21H,6-11H2,1H3;1H/t14-,15+;. The summed E-state index contributed by atoms with van der Waals surface area (Å²) in [5.41, 5.74) is 1.62. The van der Waals surface area contributed by atoms with Gasteiger partial charge in [-0.15, -0.1) is 12.4 Å².